The number of ether oxygens (including phenoxy) is 2. The number of sulfonamides is 1. The number of nitrogens with zero attached hydrogens (tertiary/aromatic N) is 1. The number of anilines is 2. The summed E-state index contributed by atoms with van der Waals surface area (Å²) >= 11 is 0. The number of amides is 1. The third kappa shape index (κ3) is 4.27. The Kier molecular flexibility index (Phi) is 6.05. The summed E-state index contributed by atoms with van der Waals surface area (Å²) in [5.74, 6) is 0.766. The molecule has 8 heteroatoms. The van der Waals surface area contributed by atoms with E-state index < -0.39 is 15.9 Å². The predicted molar refractivity (Wildman–Crippen MR) is 123 cm³/mol. The fraction of sp³-hybridized carbons (Fsp3) is 0.208. The van der Waals surface area contributed by atoms with Crippen LogP contribution < -0.4 is 19.1 Å². The molecule has 1 N–H and O–H groups in total. The van der Waals surface area contributed by atoms with Crippen molar-refractivity contribution in [3.05, 3.63) is 77.9 Å². The van der Waals surface area contributed by atoms with Gasteiger partial charge in [0.05, 0.1) is 10.6 Å². The third-order valence-electron chi connectivity index (χ3n) is 5.15. The summed E-state index contributed by atoms with van der Waals surface area (Å²) in [6, 6.07) is 18.7. The normalized spacial score (nSPS) is 12.8. The fourth-order valence-electron chi connectivity index (χ4n) is 3.55. The minimum atomic E-state index is -3.86. The lowest BCUT2D eigenvalue weighted by Gasteiger charge is -2.24. The topological polar surface area (TPSA) is 84.9 Å². The number of nitrogens with one attached hydrogen (secondary N) is 1. The highest BCUT2D eigenvalue weighted by atomic mass is 32.2. The predicted octanol–water partition coefficient (Wildman–Crippen LogP) is 4.23. The van der Waals surface area contributed by atoms with Gasteiger partial charge in [0.1, 0.15) is 13.2 Å². The summed E-state index contributed by atoms with van der Waals surface area (Å²) in [6.07, 6.45) is 0. The second-order valence-electron chi connectivity index (χ2n) is 7.30. The van der Waals surface area contributed by atoms with E-state index in [2.05, 4.69) is 5.32 Å². The molecule has 0 saturated carbocycles. The molecule has 0 aliphatic carbocycles. The Hall–Kier alpha value is -3.52. The molecule has 0 saturated heterocycles. The molecule has 1 aliphatic heterocycles. The van der Waals surface area contributed by atoms with Crippen LogP contribution in [0, 0.1) is 6.92 Å². The van der Waals surface area contributed by atoms with Crippen LogP contribution in [0.4, 0.5) is 11.4 Å². The highest BCUT2D eigenvalue weighted by Gasteiger charge is 2.26. The molecule has 166 valence electrons. The van der Waals surface area contributed by atoms with E-state index in [0.717, 1.165) is 0 Å². The van der Waals surface area contributed by atoms with Gasteiger partial charge in [-0.2, -0.15) is 0 Å². The SMILES string of the molecule is CCN(c1ccccc1)S(=O)(=O)c1cc(C(=O)Nc2ccc3c(c2)OCCO3)ccc1C. The van der Waals surface area contributed by atoms with Gasteiger partial charge in [-0.1, -0.05) is 24.3 Å². The van der Waals surface area contributed by atoms with Gasteiger partial charge in [-0.25, -0.2) is 8.42 Å². The molecule has 0 spiro atoms. The molecule has 0 unspecified atom stereocenters. The van der Waals surface area contributed by atoms with Gasteiger partial charge in [-0.3, -0.25) is 9.10 Å². The van der Waals surface area contributed by atoms with Crippen LogP contribution >= 0.6 is 0 Å². The minimum Gasteiger partial charge on any atom is -0.486 e. The molecule has 0 atom stereocenters. The first-order valence-electron chi connectivity index (χ1n) is 10.3. The Balaban J connectivity index is 1.63. The Morgan fingerprint density at radius 3 is 2.41 bits per heavy atom. The number of benzene rings is 3. The van der Waals surface area contributed by atoms with Crippen LogP contribution in [0.3, 0.4) is 0 Å². The molecular weight excluding hydrogens is 428 g/mol. The van der Waals surface area contributed by atoms with Crippen molar-refractivity contribution in [3.63, 3.8) is 0 Å². The zero-order valence-corrected chi connectivity index (χ0v) is 18.7. The number of rotatable bonds is 6. The number of carbonyl (C=O) groups excluding carboxylic acids is 1. The van der Waals surface area contributed by atoms with Crippen molar-refractivity contribution in [3.8, 4) is 11.5 Å². The number of para-hydroxylation sites is 1. The average Bonchev–Trinajstić information content (AvgIpc) is 2.80. The molecule has 1 aliphatic rings. The summed E-state index contributed by atoms with van der Waals surface area (Å²) in [4.78, 5) is 13.0. The molecule has 1 heterocycles. The van der Waals surface area contributed by atoms with E-state index in [4.69, 9.17) is 9.47 Å². The van der Waals surface area contributed by atoms with Gasteiger partial charge < -0.3 is 14.8 Å². The Bertz CT molecular complexity index is 1240. The van der Waals surface area contributed by atoms with E-state index in [1.54, 1.807) is 68.4 Å². The second kappa shape index (κ2) is 8.92. The molecule has 0 fully saturated rings. The van der Waals surface area contributed by atoms with Crippen molar-refractivity contribution in [2.24, 2.45) is 0 Å². The van der Waals surface area contributed by atoms with Crippen LogP contribution in [0.5, 0.6) is 11.5 Å². The van der Waals surface area contributed by atoms with E-state index in [1.165, 1.54) is 10.4 Å². The van der Waals surface area contributed by atoms with Crippen molar-refractivity contribution in [1.29, 1.82) is 0 Å². The van der Waals surface area contributed by atoms with E-state index in [1.807, 2.05) is 6.07 Å². The Labute approximate surface area is 187 Å². The van der Waals surface area contributed by atoms with Crippen molar-refractivity contribution < 1.29 is 22.7 Å². The summed E-state index contributed by atoms with van der Waals surface area (Å²) in [7, 11) is -3.86. The molecule has 3 aromatic carbocycles. The van der Waals surface area contributed by atoms with Gasteiger partial charge >= 0.3 is 0 Å². The van der Waals surface area contributed by atoms with Gasteiger partial charge in [-0.05, 0) is 55.8 Å². The lowest BCUT2D eigenvalue weighted by molar-refractivity contribution is 0.102. The maximum Gasteiger partial charge on any atom is 0.264 e. The quantitative estimate of drug-likeness (QED) is 0.605. The second-order valence-corrected chi connectivity index (χ2v) is 9.13. The molecule has 3 aromatic rings. The molecule has 0 radical (unpaired) electrons. The van der Waals surface area contributed by atoms with Crippen LogP contribution in [-0.2, 0) is 10.0 Å². The first-order chi connectivity index (χ1) is 15.4. The minimum absolute atomic E-state index is 0.0954. The van der Waals surface area contributed by atoms with Crippen LogP contribution in [0.15, 0.2) is 71.6 Å². The molecule has 7 nitrogen and oxygen atoms in total. The highest BCUT2D eigenvalue weighted by Crippen LogP contribution is 2.33. The van der Waals surface area contributed by atoms with E-state index in [9.17, 15) is 13.2 Å². The summed E-state index contributed by atoms with van der Waals surface area (Å²) < 4.78 is 39.3. The van der Waals surface area contributed by atoms with Crippen LogP contribution in [0.25, 0.3) is 0 Å². The first-order valence-corrected chi connectivity index (χ1v) is 11.7. The van der Waals surface area contributed by atoms with Gasteiger partial charge in [0, 0.05) is 23.9 Å². The monoisotopic (exact) mass is 452 g/mol. The van der Waals surface area contributed by atoms with Crippen molar-refractivity contribution in [2.75, 3.05) is 29.4 Å². The molecule has 4 rings (SSSR count). The number of hydrogen-bond acceptors (Lipinski definition) is 5. The summed E-state index contributed by atoms with van der Waals surface area (Å²) in [5, 5.41) is 2.80. The van der Waals surface area contributed by atoms with Crippen LogP contribution in [0.1, 0.15) is 22.8 Å². The maximum absolute atomic E-state index is 13.4. The zero-order chi connectivity index (χ0) is 22.7. The molecule has 0 aromatic heterocycles. The van der Waals surface area contributed by atoms with E-state index in [0.29, 0.717) is 41.7 Å². The van der Waals surface area contributed by atoms with Gasteiger partial charge in [0.25, 0.3) is 15.9 Å². The van der Waals surface area contributed by atoms with Crippen LogP contribution in [-0.4, -0.2) is 34.1 Å². The third-order valence-corrected chi connectivity index (χ3v) is 7.19. The van der Waals surface area contributed by atoms with Gasteiger partial charge in [0.15, 0.2) is 11.5 Å². The summed E-state index contributed by atoms with van der Waals surface area (Å²) in [5.41, 5.74) is 1.91. The van der Waals surface area contributed by atoms with E-state index in [-0.39, 0.29) is 17.0 Å². The standard InChI is InChI=1S/C24H24N2O5S/c1-3-26(20-7-5-4-6-8-20)32(28,29)23-15-18(10-9-17(23)2)24(27)25-19-11-12-21-22(16-19)31-14-13-30-21/h4-12,15-16H,3,13-14H2,1-2H3,(H,25,27). The molecular formula is C24H24N2O5S. The number of fused-ring (bicyclic) bond motifs is 1. The maximum atomic E-state index is 13.4. The first kappa shape index (κ1) is 21.7. The lowest BCUT2D eigenvalue weighted by Crippen LogP contribution is -2.31. The number of carbonyl (C=O) groups is 1. The summed E-state index contributed by atoms with van der Waals surface area (Å²) in [6.45, 7) is 4.68. The van der Waals surface area contributed by atoms with Crippen molar-refractivity contribution in [1.82, 2.24) is 0 Å². The number of hydrogen-bond donors (Lipinski definition) is 1. The Morgan fingerprint density at radius 1 is 0.969 bits per heavy atom. The fourth-order valence-corrected chi connectivity index (χ4v) is 5.28. The van der Waals surface area contributed by atoms with E-state index >= 15 is 0 Å². The molecule has 32 heavy (non-hydrogen) atoms. The number of aryl methyl sites for hydroxylation is 1. The Morgan fingerprint density at radius 2 is 1.69 bits per heavy atom. The van der Waals surface area contributed by atoms with Crippen molar-refractivity contribution >= 4 is 27.3 Å². The average molecular weight is 453 g/mol. The van der Waals surface area contributed by atoms with Crippen LogP contribution in [0.2, 0.25) is 0 Å². The van der Waals surface area contributed by atoms with Gasteiger partial charge in [-0.15, -0.1) is 0 Å². The van der Waals surface area contributed by atoms with Crippen molar-refractivity contribution in [2.45, 2.75) is 18.7 Å². The highest BCUT2D eigenvalue weighted by molar-refractivity contribution is 7.92. The lowest BCUT2D eigenvalue weighted by atomic mass is 10.1. The zero-order valence-electron chi connectivity index (χ0n) is 17.9. The largest absolute Gasteiger partial charge is 0.486 e. The molecule has 1 amide bonds. The smallest absolute Gasteiger partial charge is 0.264 e. The van der Waals surface area contributed by atoms with Gasteiger partial charge in [0.2, 0.25) is 0 Å². The molecule has 0 bridgehead atoms.